The van der Waals surface area contributed by atoms with E-state index in [0.29, 0.717) is 34.6 Å². The van der Waals surface area contributed by atoms with E-state index in [0.717, 1.165) is 11.1 Å². The van der Waals surface area contributed by atoms with Crippen molar-refractivity contribution in [2.45, 2.75) is 6.61 Å². The Bertz CT molecular complexity index is 1250. The maximum Gasteiger partial charge on any atom is 0.254 e. The van der Waals surface area contributed by atoms with E-state index in [-0.39, 0.29) is 12.4 Å². The lowest BCUT2D eigenvalue weighted by atomic mass is 10.1. The number of hydrogen-bond donors (Lipinski definition) is 0. The highest BCUT2D eigenvalue weighted by molar-refractivity contribution is 6.06. The zero-order valence-electron chi connectivity index (χ0n) is 18.2. The molecule has 0 amide bonds. The van der Waals surface area contributed by atoms with Gasteiger partial charge in [-0.2, -0.15) is 0 Å². The van der Waals surface area contributed by atoms with Gasteiger partial charge in [0.05, 0.1) is 14.2 Å². The number of hydrogen-bond acceptors (Lipinski definition) is 7. The number of ketones is 1. The molecule has 0 aliphatic carbocycles. The maximum absolute atomic E-state index is 12.4. The van der Waals surface area contributed by atoms with Crippen LogP contribution in [0, 0.1) is 0 Å². The Hall–Kier alpha value is -4.39. The summed E-state index contributed by atoms with van der Waals surface area (Å²) in [6, 6.07) is 21.9. The average molecular weight is 442 g/mol. The second kappa shape index (κ2) is 10.3. The largest absolute Gasteiger partial charge is 0.497 e. The first-order chi connectivity index (χ1) is 16.2. The summed E-state index contributed by atoms with van der Waals surface area (Å²) in [6.07, 6.45) is 3.24. The van der Waals surface area contributed by atoms with E-state index in [2.05, 4.69) is 10.2 Å². The molecule has 33 heavy (non-hydrogen) atoms. The molecular weight excluding hydrogens is 420 g/mol. The molecule has 0 aliphatic rings. The van der Waals surface area contributed by atoms with Gasteiger partial charge in [-0.25, -0.2) is 0 Å². The first kappa shape index (κ1) is 21.8. The number of carbonyl (C=O) groups is 1. The van der Waals surface area contributed by atoms with Crippen molar-refractivity contribution < 1.29 is 23.4 Å². The van der Waals surface area contributed by atoms with Crippen LogP contribution in [0.25, 0.3) is 17.5 Å². The number of ether oxygens (including phenoxy) is 3. The van der Waals surface area contributed by atoms with Gasteiger partial charge in [0.15, 0.2) is 23.9 Å². The van der Waals surface area contributed by atoms with Crippen LogP contribution in [0.3, 0.4) is 0 Å². The molecule has 7 nitrogen and oxygen atoms in total. The van der Waals surface area contributed by atoms with Crippen molar-refractivity contribution in [3.05, 3.63) is 95.9 Å². The lowest BCUT2D eigenvalue weighted by molar-refractivity contribution is 0.104. The van der Waals surface area contributed by atoms with Gasteiger partial charge in [0.25, 0.3) is 5.89 Å². The Morgan fingerprint density at radius 1 is 0.909 bits per heavy atom. The average Bonchev–Trinajstić information content (AvgIpc) is 3.36. The molecule has 0 bridgehead atoms. The van der Waals surface area contributed by atoms with Crippen LogP contribution < -0.4 is 14.2 Å². The van der Waals surface area contributed by atoms with E-state index in [4.69, 9.17) is 18.6 Å². The Morgan fingerprint density at radius 3 is 2.42 bits per heavy atom. The molecule has 4 rings (SSSR count). The van der Waals surface area contributed by atoms with Crippen molar-refractivity contribution in [3.63, 3.8) is 0 Å². The quantitative estimate of drug-likeness (QED) is 0.259. The lowest BCUT2D eigenvalue weighted by Crippen LogP contribution is -1.98. The summed E-state index contributed by atoms with van der Waals surface area (Å²) in [5, 5.41) is 8.09. The number of carbonyl (C=O) groups excluding carboxylic acids is 1. The first-order valence-electron chi connectivity index (χ1n) is 10.2. The molecule has 0 saturated heterocycles. The van der Waals surface area contributed by atoms with Crippen LogP contribution >= 0.6 is 0 Å². The zero-order chi connectivity index (χ0) is 23.0. The van der Waals surface area contributed by atoms with Crippen molar-refractivity contribution in [1.82, 2.24) is 10.2 Å². The summed E-state index contributed by atoms with van der Waals surface area (Å²) in [5.41, 5.74) is 2.22. The molecule has 0 saturated carbocycles. The van der Waals surface area contributed by atoms with Gasteiger partial charge >= 0.3 is 0 Å². The van der Waals surface area contributed by atoms with Gasteiger partial charge in [-0.05, 0) is 60.2 Å². The van der Waals surface area contributed by atoms with Gasteiger partial charge in [-0.1, -0.05) is 30.3 Å². The second-order valence-corrected chi connectivity index (χ2v) is 6.99. The monoisotopic (exact) mass is 442 g/mol. The van der Waals surface area contributed by atoms with Crippen molar-refractivity contribution in [3.8, 4) is 28.7 Å². The molecule has 0 aliphatic heterocycles. The number of nitrogens with zero attached hydrogens (tertiary/aromatic N) is 2. The fourth-order valence-corrected chi connectivity index (χ4v) is 3.08. The van der Waals surface area contributed by atoms with Crippen LogP contribution in [0.1, 0.15) is 21.8 Å². The minimum atomic E-state index is -0.109. The van der Waals surface area contributed by atoms with Crippen LogP contribution in [0.4, 0.5) is 0 Å². The number of aromatic nitrogens is 2. The SMILES string of the molecule is COc1ccc(C(=O)/C=C/c2ccc(OCc3nnc(-c4ccccc4)o3)c(OC)c2)cc1. The lowest BCUT2D eigenvalue weighted by Gasteiger charge is -2.10. The van der Waals surface area contributed by atoms with E-state index in [1.165, 1.54) is 6.08 Å². The van der Waals surface area contributed by atoms with Crippen molar-refractivity contribution in [2.24, 2.45) is 0 Å². The van der Waals surface area contributed by atoms with E-state index < -0.39 is 0 Å². The zero-order valence-corrected chi connectivity index (χ0v) is 18.2. The van der Waals surface area contributed by atoms with E-state index in [1.54, 1.807) is 56.7 Å². The molecule has 4 aromatic rings. The number of rotatable bonds is 9. The van der Waals surface area contributed by atoms with E-state index in [9.17, 15) is 4.79 Å². The van der Waals surface area contributed by atoms with Crippen LogP contribution in [0.15, 0.2) is 83.3 Å². The van der Waals surface area contributed by atoms with E-state index >= 15 is 0 Å². The van der Waals surface area contributed by atoms with Gasteiger partial charge in [-0.3, -0.25) is 4.79 Å². The Kier molecular flexibility index (Phi) is 6.80. The summed E-state index contributed by atoms with van der Waals surface area (Å²) in [5.74, 6) is 2.43. The molecule has 0 N–H and O–H groups in total. The number of benzene rings is 3. The van der Waals surface area contributed by atoms with Crippen LogP contribution in [-0.4, -0.2) is 30.2 Å². The molecule has 0 fully saturated rings. The second-order valence-electron chi connectivity index (χ2n) is 6.99. The predicted octanol–water partition coefficient (Wildman–Crippen LogP) is 5.23. The standard InChI is InChI=1S/C26H22N2O5/c1-30-21-12-10-19(11-13-21)22(29)14-8-18-9-15-23(24(16-18)31-2)32-17-25-27-28-26(33-25)20-6-4-3-5-7-20/h3-16H,17H2,1-2H3/b14-8+. The van der Waals surface area contributed by atoms with E-state index in [1.807, 2.05) is 36.4 Å². The summed E-state index contributed by atoms with van der Waals surface area (Å²) < 4.78 is 22.0. The summed E-state index contributed by atoms with van der Waals surface area (Å²) in [6.45, 7) is 0.0985. The van der Waals surface area contributed by atoms with Gasteiger partial charge in [0.1, 0.15) is 5.75 Å². The molecule has 7 heteroatoms. The Balaban J connectivity index is 1.41. The minimum Gasteiger partial charge on any atom is -0.497 e. The predicted molar refractivity (Wildman–Crippen MR) is 123 cm³/mol. The maximum atomic E-state index is 12.4. The normalized spacial score (nSPS) is 10.8. The molecule has 0 atom stereocenters. The molecule has 1 aromatic heterocycles. The third kappa shape index (κ3) is 5.46. The number of allylic oxidation sites excluding steroid dienone is 1. The molecule has 3 aromatic carbocycles. The molecule has 166 valence electrons. The third-order valence-electron chi connectivity index (χ3n) is 4.83. The van der Waals surface area contributed by atoms with Gasteiger partial charge in [-0.15, -0.1) is 10.2 Å². The fourth-order valence-electron chi connectivity index (χ4n) is 3.08. The van der Waals surface area contributed by atoms with Crippen molar-refractivity contribution in [2.75, 3.05) is 14.2 Å². The van der Waals surface area contributed by atoms with Crippen LogP contribution in [-0.2, 0) is 6.61 Å². The smallest absolute Gasteiger partial charge is 0.254 e. The highest BCUT2D eigenvalue weighted by Crippen LogP contribution is 2.29. The Morgan fingerprint density at radius 2 is 1.70 bits per heavy atom. The topological polar surface area (TPSA) is 83.7 Å². The molecular formula is C26H22N2O5. The summed E-state index contributed by atoms with van der Waals surface area (Å²) in [4.78, 5) is 12.4. The molecule has 0 unspecified atom stereocenters. The third-order valence-corrected chi connectivity index (χ3v) is 4.83. The Labute approximate surface area is 191 Å². The summed E-state index contributed by atoms with van der Waals surface area (Å²) >= 11 is 0. The highest BCUT2D eigenvalue weighted by Gasteiger charge is 2.11. The number of methoxy groups -OCH3 is 2. The molecule has 0 spiro atoms. The molecule has 0 radical (unpaired) electrons. The van der Waals surface area contributed by atoms with Crippen LogP contribution in [0.2, 0.25) is 0 Å². The minimum absolute atomic E-state index is 0.0985. The summed E-state index contributed by atoms with van der Waals surface area (Å²) in [7, 11) is 3.14. The van der Waals surface area contributed by atoms with Crippen molar-refractivity contribution >= 4 is 11.9 Å². The van der Waals surface area contributed by atoms with Crippen LogP contribution in [0.5, 0.6) is 17.2 Å². The first-order valence-corrected chi connectivity index (χ1v) is 10.2. The highest BCUT2D eigenvalue weighted by atomic mass is 16.5. The van der Waals surface area contributed by atoms with Crippen molar-refractivity contribution in [1.29, 1.82) is 0 Å². The molecule has 1 heterocycles. The van der Waals surface area contributed by atoms with Gasteiger partial charge in [0.2, 0.25) is 5.89 Å². The van der Waals surface area contributed by atoms with Gasteiger partial charge < -0.3 is 18.6 Å². The van der Waals surface area contributed by atoms with Gasteiger partial charge in [0, 0.05) is 11.1 Å². The fraction of sp³-hybridized carbons (Fsp3) is 0.115.